The third-order valence-electron chi connectivity index (χ3n) is 3.00. The van der Waals surface area contributed by atoms with Crippen LogP contribution in [0.4, 0.5) is 11.4 Å². The van der Waals surface area contributed by atoms with Gasteiger partial charge in [0.2, 0.25) is 0 Å². The molecule has 0 bridgehead atoms. The van der Waals surface area contributed by atoms with Crippen LogP contribution < -0.4 is 5.43 Å². The van der Waals surface area contributed by atoms with Crippen LogP contribution in [0.1, 0.15) is 15.9 Å². The number of benzene rings is 2. The van der Waals surface area contributed by atoms with E-state index in [0.717, 1.165) is 30.5 Å². The number of phenolic OH excluding ortho intramolecular Hbond substituents is 1. The molecule has 0 saturated heterocycles. The van der Waals surface area contributed by atoms with Gasteiger partial charge in [-0.3, -0.25) is 25.0 Å². The van der Waals surface area contributed by atoms with Crippen molar-refractivity contribution in [1.29, 1.82) is 0 Å². The zero-order valence-electron chi connectivity index (χ0n) is 12.2. The Balaban J connectivity index is 2.16. The molecule has 0 radical (unpaired) electrons. The number of phenols is 1. The number of non-ortho nitro benzene ring substituents is 1. The van der Waals surface area contributed by atoms with E-state index in [1.807, 2.05) is 0 Å². The number of rotatable bonds is 5. The van der Waals surface area contributed by atoms with Crippen molar-refractivity contribution in [2.75, 3.05) is 0 Å². The van der Waals surface area contributed by atoms with Gasteiger partial charge in [-0.2, -0.15) is 5.10 Å². The average molecular weight is 365 g/mol. The molecule has 0 aliphatic rings. The van der Waals surface area contributed by atoms with Crippen molar-refractivity contribution in [2.24, 2.45) is 5.10 Å². The SMILES string of the molecule is O=C(NN=Cc1cc([N+](=O)[O-])ccc1O)c1ccc(Cl)c([N+](=O)[O-])c1. The van der Waals surface area contributed by atoms with E-state index in [-0.39, 0.29) is 27.6 Å². The summed E-state index contributed by atoms with van der Waals surface area (Å²) in [6.45, 7) is 0. The molecule has 2 aromatic rings. The van der Waals surface area contributed by atoms with Gasteiger partial charge in [0.15, 0.2) is 0 Å². The Bertz CT molecular complexity index is 899. The normalized spacial score (nSPS) is 10.6. The van der Waals surface area contributed by atoms with Crippen LogP contribution in [0.3, 0.4) is 0 Å². The van der Waals surface area contributed by atoms with Crippen molar-refractivity contribution in [3.05, 3.63) is 72.8 Å². The van der Waals surface area contributed by atoms with Crippen LogP contribution >= 0.6 is 11.6 Å². The number of hydrogen-bond donors (Lipinski definition) is 2. The Kier molecular flexibility index (Phi) is 5.25. The molecular formula is C14H9ClN4O6. The monoisotopic (exact) mass is 364 g/mol. The average Bonchev–Trinajstić information content (AvgIpc) is 2.56. The molecule has 0 aromatic heterocycles. The minimum absolute atomic E-state index is 0.0107. The maximum absolute atomic E-state index is 11.9. The summed E-state index contributed by atoms with van der Waals surface area (Å²) in [6.07, 6.45) is 1.00. The Labute approximate surface area is 144 Å². The van der Waals surface area contributed by atoms with Gasteiger partial charge >= 0.3 is 0 Å². The lowest BCUT2D eigenvalue weighted by Gasteiger charge is -2.02. The molecule has 2 aromatic carbocycles. The van der Waals surface area contributed by atoms with Gasteiger partial charge in [-0.1, -0.05) is 11.6 Å². The third kappa shape index (κ3) is 4.26. The number of carbonyl (C=O) groups is 1. The van der Waals surface area contributed by atoms with Gasteiger partial charge < -0.3 is 5.11 Å². The van der Waals surface area contributed by atoms with Crippen LogP contribution in [0, 0.1) is 20.2 Å². The van der Waals surface area contributed by atoms with E-state index in [1.54, 1.807) is 0 Å². The first kappa shape index (κ1) is 17.8. The molecule has 10 nitrogen and oxygen atoms in total. The van der Waals surface area contributed by atoms with Crippen molar-refractivity contribution in [2.45, 2.75) is 0 Å². The topological polar surface area (TPSA) is 148 Å². The number of nitro groups is 2. The highest BCUT2D eigenvalue weighted by Gasteiger charge is 2.16. The maximum Gasteiger partial charge on any atom is 0.288 e. The smallest absolute Gasteiger partial charge is 0.288 e. The van der Waals surface area contributed by atoms with E-state index in [1.165, 1.54) is 12.1 Å². The Hall–Kier alpha value is -3.53. The summed E-state index contributed by atoms with van der Waals surface area (Å²) < 4.78 is 0. The van der Waals surface area contributed by atoms with E-state index in [0.29, 0.717) is 0 Å². The van der Waals surface area contributed by atoms with E-state index in [9.17, 15) is 30.1 Å². The second-order valence-electron chi connectivity index (χ2n) is 4.62. The fraction of sp³-hybridized carbons (Fsp3) is 0. The lowest BCUT2D eigenvalue weighted by Crippen LogP contribution is -2.17. The molecule has 0 saturated carbocycles. The Morgan fingerprint density at radius 1 is 1.16 bits per heavy atom. The summed E-state index contributed by atoms with van der Waals surface area (Å²) in [5.74, 6) is -1.04. The van der Waals surface area contributed by atoms with E-state index >= 15 is 0 Å². The minimum atomic E-state index is -0.763. The molecule has 1 amide bonds. The zero-order valence-corrected chi connectivity index (χ0v) is 13.0. The molecule has 0 fully saturated rings. The van der Waals surface area contributed by atoms with Gasteiger partial charge in [0.25, 0.3) is 17.3 Å². The van der Waals surface area contributed by atoms with Crippen molar-refractivity contribution >= 4 is 35.1 Å². The van der Waals surface area contributed by atoms with Crippen LogP contribution in [0.5, 0.6) is 5.75 Å². The summed E-state index contributed by atoms with van der Waals surface area (Å²) in [4.78, 5) is 32.0. The molecule has 0 aliphatic carbocycles. The largest absolute Gasteiger partial charge is 0.507 e. The van der Waals surface area contributed by atoms with Crippen molar-refractivity contribution in [3.8, 4) is 5.75 Å². The summed E-state index contributed by atoms with van der Waals surface area (Å²) in [7, 11) is 0. The predicted octanol–water partition coefficient (Wildman–Crippen LogP) is 2.63. The molecule has 2 N–H and O–H groups in total. The van der Waals surface area contributed by atoms with Crippen molar-refractivity contribution in [3.63, 3.8) is 0 Å². The number of carbonyl (C=O) groups excluding carboxylic acids is 1. The standard InChI is InChI=1S/C14H9ClN4O6/c15-11-3-1-8(6-12(11)19(24)25)14(21)17-16-7-9-5-10(18(22)23)2-4-13(9)20/h1-7,20H,(H,17,21). The van der Waals surface area contributed by atoms with Gasteiger partial charge in [0.1, 0.15) is 10.8 Å². The minimum Gasteiger partial charge on any atom is -0.507 e. The third-order valence-corrected chi connectivity index (χ3v) is 3.32. The van der Waals surface area contributed by atoms with Gasteiger partial charge in [0.05, 0.1) is 16.1 Å². The first-order valence-corrected chi connectivity index (χ1v) is 6.92. The van der Waals surface area contributed by atoms with Crippen molar-refractivity contribution in [1.82, 2.24) is 5.43 Å². The molecule has 11 heteroatoms. The number of nitro benzene ring substituents is 2. The lowest BCUT2D eigenvalue weighted by atomic mass is 10.2. The summed E-state index contributed by atoms with van der Waals surface area (Å²) in [5.41, 5.74) is 1.34. The number of aromatic hydroxyl groups is 1. The molecule has 0 atom stereocenters. The number of hydrogen-bond acceptors (Lipinski definition) is 7. The molecule has 0 spiro atoms. The number of amides is 1. The van der Waals surface area contributed by atoms with Crippen LogP contribution in [0.15, 0.2) is 41.5 Å². The second kappa shape index (κ2) is 7.36. The van der Waals surface area contributed by atoms with E-state index in [4.69, 9.17) is 11.6 Å². The molecule has 25 heavy (non-hydrogen) atoms. The number of hydrazone groups is 1. The van der Waals surface area contributed by atoms with Crippen LogP contribution in [0.25, 0.3) is 0 Å². The summed E-state index contributed by atoms with van der Waals surface area (Å²) >= 11 is 5.65. The number of nitrogens with zero attached hydrogens (tertiary/aromatic N) is 3. The fourth-order valence-electron chi connectivity index (χ4n) is 1.78. The maximum atomic E-state index is 11.9. The molecular weight excluding hydrogens is 356 g/mol. The highest BCUT2D eigenvalue weighted by Crippen LogP contribution is 2.25. The van der Waals surface area contributed by atoms with Gasteiger partial charge in [-0.05, 0) is 18.2 Å². The van der Waals surface area contributed by atoms with E-state index < -0.39 is 21.4 Å². The first-order chi connectivity index (χ1) is 11.8. The van der Waals surface area contributed by atoms with Crippen LogP contribution in [-0.2, 0) is 0 Å². The highest BCUT2D eigenvalue weighted by atomic mass is 35.5. The van der Waals surface area contributed by atoms with Gasteiger partial charge in [-0.15, -0.1) is 0 Å². The lowest BCUT2D eigenvalue weighted by molar-refractivity contribution is -0.385. The fourth-order valence-corrected chi connectivity index (χ4v) is 1.96. The zero-order chi connectivity index (χ0) is 18.6. The molecule has 128 valence electrons. The van der Waals surface area contributed by atoms with E-state index in [2.05, 4.69) is 10.5 Å². The Morgan fingerprint density at radius 3 is 2.52 bits per heavy atom. The summed E-state index contributed by atoms with van der Waals surface area (Å²) in [5, 5.41) is 34.5. The second-order valence-corrected chi connectivity index (χ2v) is 5.03. The Morgan fingerprint density at radius 2 is 1.88 bits per heavy atom. The van der Waals surface area contributed by atoms with Gasteiger partial charge in [0, 0.05) is 29.3 Å². The molecule has 2 rings (SSSR count). The number of nitrogens with one attached hydrogen (secondary N) is 1. The quantitative estimate of drug-likeness (QED) is 0.473. The summed E-state index contributed by atoms with van der Waals surface area (Å²) in [6, 6.07) is 6.74. The van der Waals surface area contributed by atoms with Crippen molar-refractivity contribution < 1.29 is 19.7 Å². The predicted molar refractivity (Wildman–Crippen MR) is 87.9 cm³/mol. The molecule has 0 unspecified atom stereocenters. The van der Waals surface area contributed by atoms with Crippen LogP contribution in [-0.4, -0.2) is 27.1 Å². The highest BCUT2D eigenvalue weighted by molar-refractivity contribution is 6.32. The number of halogens is 1. The molecule has 0 heterocycles. The van der Waals surface area contributed by atoms with Crippen LogP contribution in [0.2, 0.25) is 5.02 Å². The molecule has 0 aliphatic heterocycles. The first-order valence-electron chi connectivity index (χ1n) is 6.54. The van der Waals surface area contributed by atoms with Gasteiger partial charge in [-0.25, -0.2) is 5.43 Å².